The van der Waals surface area contributed by atoms with Crippen molar-refractivity contribution >= 4 is 23.5 Å². The molecule has 0 saturated carbocycles. The third kappa shape index (κ3) is 3.65. The van der Waals surface area contributed by atoms with E-state index < -0.39 is 6.09 Å². The number of ether oxygens (including phenoxy) is 1. The minimum absolute atomic E-state index is 0.0528. The predicted molar refractivity (Wildman–Crippen MR) is 82.8 cm³/mol. The van der Waals surface area contributed by atoms with Gasteiger partial charge in [-0.3, -0.25) is 0 Å². The Labute approximate surface area is 133 Å². The molecular formula is C15H15ClN4O2. The minimum Gasteiger partial charge on any atom is -0.445 e. The van der Waals surface area contributed by atoms with Crippen molar-refractivity contribution in [1.82, 2.24) is 15.3 Å². The molecule has 0 spiro atoms. The lowest BCUT2D eigenvalue weighted by Crippen LogP contribution is -2.59. The van der Waals surface area contributed by atoms with Crippen LogP contribution < -0.4 is 10.2 Å². The van der Waals surface area contributed by atoms with E-state index in [1.807, 2.05) is 35.2 Å². The van der Waals surface area contributed by atoms with E-state index >= 15 is 0 Å². The number of benzene rings is 1. The van der Waals surface area contributed by atoms with Crippen molar-refractivity contribution in [1.29, 1.82) is 0 Å². The van der Waals surface area contributed by atoms with Gasteiger partial charge in [0, 0.05) is 19.2 Å². The van der Waals surface area contributed by atoms with Gasteiger partial charge in [0.2, 0.25) is 0 Å². The smallest absolute Gasteiger partial charge is 0.407 e. The highest BCUT2D eigenvalue weighted by molar-refractivity contribution is 6.29. The second-order valence-corrected chi connectivity index (χ2v) is 5.39. The van der Waals surface area contributed by atoms with Crippen LogP contribution in [0.2, 0.25) is 5.15 Å². The zero-order chi connectivity index (χ0) is 15.4. The molecule has 2 heterocycles. The molecular weight excluding hydrogens is 304 g/mol. The van der Waals surface area contributed by atoms with Crippen molar-refractivity contribution in [2.75, 3.05) is 18.0 Å². The molecule has 114 valence electrons. The van der Waals surface area contributed by atoms with Crippen LogP contribution in [0.4, 0.5) is 10.6 Å². The van der Waals surface area contributed by atoms with Crippen molar-refractivity contribution in [2.24, 2.45) is 0 Å². The fourth-order valence-electron chi connectivity index (χ4n) is 2.19. The van der Waals surface area contributed by atoms with Crippen LogP contribution in [0.1, 0.15) is 5.56 Å². The zero-order valence-electron chi connectivity index (χ0n) is 11.8. The molecule has 2 aromatic rings. The summed E-state index contributed by atoms with van der Waals surface area (Å²) in [6.07, 6.45) is 1.02. The van der Waals surface area contributed by atoms with Gasteiger partial charge in [0.15, 0.2) is 0 Å². The van der Waals surface area contributed by atoms with Gasteiger partial charge in [0.25, 0.3) is 0 Å². The Balaban J connectivity index is 1.41. The molecule has 1 aromatic carbocycles. The van der Waals surface area contributed by atoms with Crippen molar-refractivity contribution in [3.63, 3.8) is 0 Å². The Morgan fingerprint density at radius 2 is 2.09 bits per heavy atom. The van der Waals surface area contributed by atoms with Crippen molar-refractivity contribution in [3.05, 3.63) is 53.4 Å². The highest BCUT2D eigenvalue weighted by Gasteiger charge is 2.29. The molecule has 6 nitrogen and oxygen atoms in total. The van der Waals surface area contributed by atoms with Crippen LogP contribution in [0.3, 0.4) is 0 Å². The van der Waals surface area contributed by atoms with Gasteiger partial charge in [-0.15, -0.1) is 0 Å². The van der Waals surface area contributed by atoms with Gasteiger partial charge < -0.3 is 15.0 Å². The van der Waals surface area contributed by atoms with Crippen molar-refractivity contribution < 1.29 is 9.53 Å². The third-order valence-electron chi connectivity index (χ3n) is 3.36. The standard InChI is InChI=1S/C15H15ClN4O2/c16-13-6-14(18-10-17-13)20-7-12(8-20)19-15(21)22-9-11-4-2-1-3-5-11/h1-6,10,12H,7-9H2,(H,19,21). The van der Waals surface area contributed by atoms with Gasteiger partial charge in [0.1, 0.15) is 23.9 Å². The Bertz CT molecular complexity index is 647. The number of carbonyl (C=O) groups is 1. The van der Waals surface area contributed by atoms with E-state index in [1.165, 1.54) is 6.33 Å². The molecule has 3 rings (SSSR count). The topological polar surface area (TPSA) is 67.4 Å². The summed E-state index contributed by atoms with van der Waals surface area (Å²) in [5.41, 5.74) is 0.962. The summed E-state index contributed by atoms with van der Waals surface area (Å²) in [7, 11) is 0. The zero-order valence-corrected chi connectivity index (χ0v) is 12.5. The molecule has 22 heavy (non-hydrogen) atoms. The van der Waals surface area contributed by atoms with E-state index in [9.17, 15) is 4.79 Å². The van der Waals surface area contributed by atoms with Crippen LogP contribution in [-0.4, -0.2) is 35.2 Å². The molecule has 1 N–H and O–H groups in total. The number of nitrogens with one attached hydrogen (secondary N) is 1. The summed E-state index contributed by atoms with van der Waals surface area (Å²) in [6.45, 7) is 1.62. The maximum Gasteiger partial charge on any atom is 0.407 e. The lowest BCUT2D eigenvalue weighted by Gasteiger charge is -2.39. The Hall–Kier alpha value is -2.34. The van der Waals surface area contributed by atoms with E-state index in [2.05, 4.69) is 15.3 Å². The van der Waals surface area contributed by atoms with Crippen LogP contribution in [-0.2, 0) is 11.3 Å². The first-order chi connectivity index (χ1) is 10.7. The quantitative estimate of drug-likeness (QED) is 0.876. The molecule has 0 bridgehead atoms. The van der Waals surface area contributed by atoms with Gasteiger partial charge in [-0.25, -0.2) is 14.8 Å². The fourth-order valence-corrected chi connectivity index (χ4v) is 2.33. The number of alkyl carbamates (subject to hydrolysis) is 1. The maximum atomic E-state index is 11.7. The molecule has 1 aliphatic heterocycles. The summed E-state index contributed by atoms with van der Waals surface area (Å²) in [4.78, 5) is 21.7. The first-order valence-electron chi connectivity index (χ1n) is 6.90. The molecule has 1 saturated heterocycles. The summed E-state index contributed by atoms with van der Waals surface area (Å²) in [5.74, 6) is 0.760. The maximum absolute atomic E-state index is 11.7. The first kappa shape index (κ1) is 14.6. The van der Waals surface area contributed by atoms with E-state index in [4.69, 9.17) is 16.3 Å². The number of aromatic nitrogens is 2. The van der Waals surface area contributed by atoms with Gasteiger partial charge >= 0.3 is 6.09 Å². The van der Waals surface area contributed by atoms with E-state index in [0.717, 1.165) is 11.4 Å². The van der Waals surface area contributed by atoms with Crippen LogP contribution >= 0.6 is 11.6 Å². The molecule has 0 unspecified atom stereocenters. The Morgan fingerprint density at radius 3 is 2.82 bits per heavy atom. The number of amides is 1. The molecule has 1 fully saturated rings. The number of nitrogens with zero attached hydrogens (tertiary/aromatic N) is 3. The summed E-state index contributed by atoms with van der Waals surface area (Å²) in [6, 6.07) is 11.3. The van der Waals surface area contributed by atoms with Gasteiger partial charge in [-0.1, -0.05) is 41.9 Å². The molecule has 0 radical (unpaired) electrons. The van der Waals surface area contributed by atoms with Crippen LogP contribution in [0.5, 0.6) is 0 Å². The number of rotatable bonds is 4. The average Bonchev–Trinajstić information content (AvgIpc) is 2.49. The first-order valence-corrected chi connectivity index (χ1v) is 7.28. The highest BCUT2D eigenvalue weighted by atomic mass is 35.5. The lowest BCUT2D eigenvalue weighted by molar-refractivity contribution is 0.133. The number of carbonyl (C=O) groups excluding carboxylic acids is 1. The predicted octanol–water partition coefficient (Wildman–Crippen LogP) is 2.25. The van der Waals surface area contributed by atoms with Crippen molar-refractivity contribution in [3.8, 4) is 0 Å². The SMILES string of the molecule is O=C(NC1CN(c2cc(Cl)ncn2)C1)OCc1ccccc1. The van der Waals surface area contributed by atoms with E-state index in [1.54, 1.807) is 6.07 Å². The van der Waals surface area contributed by atoms with E-state index in [-0.39, 0.29) is 12.6 Å². The third-order valence-corrected chi connectivity index (χ3v) is 3.57. The number of hydrogen-bond acceptors (Lipinski definition) is 5. The molecule has 7 heteroatoms. The Kier molecular flexibility index (Phi) is 4.39. The average molecular weight is 319 g/mol. The normalized spacial score (nSPS) is 14.3. The second-order valence-electron chi connectivity index (χ2n) is 5.01. The molecule has 1 aliphatic rings. The van der Waals surface area contributed by atoms with Crippen molar-refractivity contribution in [2.45, 2.75) is 12.6 Å². The van der Waals surface area contributed by atoms with Gasteiger partial charge in [-0.05, 0) is 5.56 Å². The summed E-state index contributed by atoms with van der Waals surface area (Å²) in [5, 5.41) is 3.23. The van der Waals surface area contributed by atoms with Crippen LogP contribution in [0.25, 0.3) is 0 Å². The molecule has 0 atom stereocenters. The summed E-state index contributed by atoms with van der Waals surface area (Å²) >= 11 is 5.82. The fraction of sp³-hybridized carbons (Fsp3) is 0.267. The van der Waals surface area contributed by atoms with E-state index in [0.29, 0.717) is 18.2 Å². The summed E-state index contributed by atoms with van der Waals surface area (Å²) < 4.78 is 5.18. The minimum atomic E-state index is -0.408. The lowest BCUT2D eigenvalue weighted by atomic mass is 10.1. The largest absolute Gasteiger partial charge is 0.445 e. The van der Waals surface area contributed by atoms with Crippen LogP contribution in [0, 0.1) is 0 Å². The van der Waals surface area contributed by atoms with Crippen LogP contribution in [0.15, 0.2) is 42.7 Å². The second kappa shape index (κ2) is 6.62. The number of halogens is 1. The molecule has 1 aromatic heterocycles. The Morgan fingerprint density at radius 1 is 1.32 bits per heavy atom. The van der Waals surface area contributed by atoms with Gasteiger partial charge in [-0.2, -0.15) is 0 Å². The molecule has 0 aliphatic carbocycles. The van der Waals surface area contributed by atoms with Gasteiger partial charge in [0.05, 0.1) is 6.04 Å². The number of anilines is 1. The number of hydrogen-bond donors (Lipinski definition) is 1. The molecule has 1 amide bonds. The monoisotopic (exact) mass is 318 g/mol. The highest BCUT2D eigenvalue weighted by Crippen LogP contribution is 2.20.